The molecule has 210 valence electrons. The van der Waals surface area contributed by atoms with Crippen LogP contribution in [0.15, 0.2) is 41.3 Å². The van der Waals surface area contributed by atoms with E-state index in [1.165, 1.54) is 35.8 Å². The van der Waals surface area contributed by atoms with Gasteiger partial charge in [0.25, 0.3) is 0 Å². The second-order valence-corrected chi connectivity index (χ2v) is 12.0. The minimum Gasteiger partial charge on any atom is -0.338 e. The Kier molecular flexibility index (Phi) is 7.49. The van der Waals surface area contributed by atoms with Crippen molar-refractivity contribution in [1.82, 2.24) is 24.3 Å². The van der Waals surface area contributed by atoms with Crippen LogP contribution in [0.4, 0.5) is 10.6 Å². The van der Waals surface area contributed by atoms with Gasteiger partial charge < -0.3 is 21.3 Å². The van der Waals surface area contributed by atoms with E-state index in [0.29, 0.717) is 37.6 Å². The van der Waals surface area contributed by atoms with Crippen molar-refractivity contribution in [3.8, 4) is 5.69 Å². The molecule has 5 rings (SSSR count). The Balaban J connectivity index is 1.13. The topological polar surface area (TPSA) is 143 Å². The van der Waals surface area contributed by atoms with E-state index >= 15 is 0 Å². The van der Waals surface area contributed by atoms with Crippen LogP contribution in [0, 0.1) is 5.41 Å². The van der Waals surface area contributed by atoms with Gasteiger partial charge in [-0.1, -0.05) is 12.1 Å². The van der Waals surface area contributed by atoms with Gasteiger partial charge in [-0.15, -0.1) is 0 Å². The fourth-order valence-electron chi connectivity index (χ4n) is 6.04. The second-order valence-electron chi connectivity index (χ2n) is 12.0. The summed E-state index contributed by atoms with van der Waals surface area (Å²) >= 11 is 0. The van der Waals surface area contributed by atoms with Crippen LogP contribution in [0.1, 0.15) is 45.1 Å². The van der Waals surface area contributed by atoms with Crippen LogP contribution in [0.2, 0.25) is 0 Å². The largest absolute Gasteiger partial charge is 0.354 e. The number of hydrogen-bond acceptors (Lipinski definition) is 7. The lowest BCUT2D eigenvalue weighted by Crippen LogP contribution is -2.58. The molecule has 39 heavy (non-hydrogen) atoms. The molecule has 0 atom stereocenters. The van der Waals surface area contributed by atoms with Crippen molar-refractivity contribution in [3.63, 3.8) is 0 Å². The lowest BCUT2D eigenvalue weighted by atomic mass is 9.61. The van der Waals surface area contributed by atoms with Crippen molar-refractivity contribution >= 4 is 17.8 Å². The quantitative estimate of drug-likeness (QED) is 0.523. The number of carbonyl (C=O) groups is 2. The first kappa shape index (κ1) is 27.3. The summed E-state index contributed by atoms with van der Waals surface area (Å²) in [4.78, 5) is 47.6. The number of nitrogens with two attached hydrogens (primary N) is 2. The van der Waals surface area contributed by atoms with E-state index in [1.807, 2.05) is 12.1 Å². The van der Waals surface area contributed by atoms with E-state index in [0.717, 1.165) is 25.3 Å². The zero-order valence-electron chi connectivity index (χ0n) is 22.9. The Morgan fingerprint density at radius 3 is 2.18 bits per heavy atom. The molecule has 3 fully saturated rings. The summed E-state index contributed by atoms with van der Waals surface area (Å²) in [7, 11) is 0. The molecule has 3 aliphatic rings. The van der Waals surface area contributed by atoms with E-state index in [4.69, 9.17) is 11.5 Å². The van der Waals surface area contributed by atoms with Gasteiger partial charge in [0, 0.05) is 45.0 Å². The smallest absolute Gasteiger partial charge is 0.338 e. The predicted molar refractivity (Wildman–Crippen MR) is 149 cm³/mol. The number of rotatable bonds is 5. The molecule has 3 amide bonds. The number of hydrogen-bond donors (Lipinski definition) is 3. The molecule has 1 aromatic heterocycles. The minimum absolute atomic E-state index is 0.139. The second kappa shape index (κ2) is 10.7. The standard InChI is InChI=1S/C28H40N8O3/c1-27(2,30)24(37)34-13-15-35(16-14-34)25(38)31-23-7-10-36(26(39)32-23)22-5-3-20(4-6-22)19-33-11-8-28(9-12-33)17-21(29)18-28/h3-7,10,21H,8-9,11-19,29-30H2,1-2H3,(H,31,32,38,39). The molecule has 2 aromatic rings. The summed E-state index contributed by atoms with van der Waals surface area (Å²) in [6.07, 6.45) is 6.42. The number of nitrogens with zero attached hydrogens (tertiary/aromatic N) is 5. The fraction of sp³-hybridized carbons (Fsp3) is 0.571. The zero-order valence-corrected chi connectivity index (χ0v) is 22.9. The molecule has 0 bridgehead atoms. The molecule has 2 aliphatic heterocycles. The van der Waals surface area contributed by atoms with Crippen LogP contribution in [-0.2, 0) is 11.3 Å². The highest BCUT2D eigenvalue weighted by molar-refractivity contribution is 5.89. The van der Waals surface area contributed by atoms with Crippen LogP contribution in [-0.4, -0.2) is 87.0 Å². The van der Waals surface area contributed by atoms with Gasteiger partial charge in [-0.25, -0.2) is 9.59 Å². The molecular weight excluding hydrogens is 496 g/mol. The monoisotopic (exact) mass is 536 g/mol. The molecule has 1 saturated carbocycles. The number of urea groups is 1. The molecule has 11 heteroatoms. The van der Waals surface area contributed by atoms with Crippen molar-refractivity contribution in [2.75, 3.05) is 44.6 Å². The molecule has 1 aromatic carbocycles. The molecular formula is C28H40N8O3. The fourth-order valence-corrected chi connectivity index (χ4v) is 6.04. The van der Waals surface area contributed by atoms with Gasteiger partial charge in [0.05, 0.1) is 11.2 Å². The van der Waals surface area contributed by atoms with Crippen molar-refractivity contribution in [2.24, 2.45) is 16.9 Å². The highest BCUT2D eigenvalue weighted by atomic mass is 16.2. The summed E-state index contributed by atoms with van der Waals surface area (Å²) in [6.45, 7) is 8.02. The maximum absolute atomic E-state index is 12.7. The average Bonchev–Trinajstić information content (AvgIpc) is 2.89. The number of aromatic nitrogens is 2. The van der Waals surface area contributed by atoms with Crippen LogP contribution in [0.5, 0.6) is 0 Å². The molecule has 1 spiro atoms. The average molecular weight is 537 g/mol. The van der Waals surface area contributed by atoms with Gasteiger partial charge in [0.1, 0.15) is 5.82 Å². The number of piperidine rings is 1. The number of likely N-dealkylation sites (tertiary alicyclic amines) is 1. The van der Waals surface area contributed by atoms with Gasteiger partial charge in [-0.3, -0.25) is 19.6 Å². The Morgan fingerprint density at radius 2 is 1.62 bits per heavy atom. The molecule has 11 nitrogen and oxygen atoms in total. The number of piperazine rings is 1. The molecule has 5 N–H and O–H groups in total. The molecule has 0 unspecified atom stereocenters. The summed E-state index contributed by atoms with van der Waals surface area (Å²) in [5, 5.41) is 2.70. The highest BCUT2D eigenvalue weighted by Gasteiger charge is 2.44. The van der Waals surface area contributed by atoms with Crippen LogP contribution in [0.25, 0.3) is 5.69 Å². The molecule has 1 aliphatic carbocycles. The Labute approximate surface area is 229 Å². The molecule has 2 saturated heterocycles. The van der Waals surface area contributed by atoms with Crippen LogP contribution in [0.3, 0.4) is 0 Å². The van der Waals surface area contributed by atoms with Crippen molar-refractivity contribution in [1.29, 1.82) is 0 Å². The predicted octanol–water partition coefficient (Wildman–Crippen LogP) is 1.35. The third-order valence-electron chi connectivity index (χ3n) is 8.37. The van der Waals surface area contributed by atoms with E-state index < -0.39 is 11.2 Å². The van der Waals surface area contributed by atoms with Crippen molar-refractivity contribution in [3.05, 3.63) is 52.6 Å². The van der Waals surface area contributed by atoms with E-state index in [2.05, 4.69) is 27.3 Å². The normalized spacial score (nSPS) is 20.1. The number of carbonyl (C=O) groups excluding carboxylic acids is 2. The lowest BCUT2D eigenvalue weighted by molar-refractivity contribution is -0.137. The van der Waals surface area contributed by atoms with Crippen molar-refractivity contribution < 1.29 is 9.59 Å². The van der Waals surface area contributed by atoms with Gasteiger partial charge in [-0.2, -0.15) is 4.98 Å². The summed E-state index contributed by atoms with van der Waals surface area (Å²) in [5.41, 5.74) is 12.9. The zero-order chi connectivity index (χ0) is 27.8. The van der Waals surface area contributed by atoms with E-state index in [1.54, 1.807) is 35.9 Å². The summed E-state index contributed by atoms with van der Waals surface area (Å²) in [6, 6.07) is 9.62. The minimum atomic E-state index is -0.944. The Hall–Kier alpha value is -3.28. The van der Waals surface area contributed by atoms with Gasteiger partial charge in [0.2, 0.25) is 5.91 Å². The lowest BCUT2D eigenvalue weighted by Gasteiger charge is -2.51. The van der Waals surface area contributed by atoms with Gasteiger partial charge in [0.15, 0.2) is 0 Å². The summed E-state index contributed by atoms with van der Waals surface area (Å²) in [5.74, 6) is 0.0505. The van der Waals surface area contributed by atoms with Gasteiger partial charge in [-0.05, 0) is 81.8 Å². The number of amides is 3. The third-order valence-corrected chi connectivity index (χ3v) is 8.37. The molecule has 3 heterocycles. The maximum Gasteiger partial charge on any atom is 0.354 e. The number of anilines is 1. The summed E-state index contributed by atoms with van der Waals surface area (Å²) < 4.78 is 1.46. The first-order chi connectivity index (χ1) is 18.5. The first-order valence-corrected chi connectivity index (χ1v) is 13.8. The van der Waals surface area contributed by atoms with E-state index in [9.17, 15) is 14.4 Å². The maximum atomic E-state index is 12.7. The van der Waals surface area contributed by atoms with E-state index in [-0.39, 0.29) is 17.8 Å². The van der Waals surface area contributed by atoms with Gasteiger partial charge >= 0.3 is 11.7 Å². The molecule has 0 radical (unpaired) electrons. The first-order valence-electron chi connectivity index (χ1n) is 13.8. The Morgan fingerprint density at radius 1 is 1.00 bits per heavy atom. The van der Waals surface area contributed by atoms with Crippen LogP contribution >= 0.6 is 0 Å². The SMILES string of the molecule is CC(C)(N)C(=O)N1CCN(C(=O)Nc2ccn(-c3ccc(CN4CCC5(CC4)CC(N)C5)cc3)c(=O)n2)CC1. The Bertz CT molecular complexity index is 1240. The third kappa shape index (κ3) is 6.15. The van der Waals surface area contributed by atoms with Crippen LogP contribution < -0.4 is 22.5 Å². The number of benzene rings is 1. The highest BCUT2D eigenvalue weighted by Crippen LogP contribution is 2.48. The number of nitrogens with one attached hydrogen (secondary N) is 1. The van der Waals surface area contributed by atoms with Crippen molar-refractivity contribution in [2.45, 2.75) is 57.7 Å².